The average molecular weight is 256 g/mol. The van der Waals surface area contributed by atoms with Gasteiger partial charge in [-0.1, -0.05) is 18.2 Å². The number of rotatable bonds is 0. The van der Waals surface area contributed by atoms with Crippen LogP contribution in [-0.2, 0) is 4.79 Å². The first-order chi connectivity index (χ1) is 9.06. The highest BCUT2D eigenvalue weighted by atomic mass is 16.4. The zero-order valence-electron chi connectivity index (χ0n) is 10.3. The Morgan fingerprint density at radius 2 is 1.79 bits per heavy atom. The number of aliphatic carboxylic acids is 1. The van der Waals surface area contributed by atoms with E-state index in [4.69, 9.17) is 14.3 Å². The lowest BCUT2D eigenvalue weighted by molar-refractivity contribution is -0.134. The largest absolute Gasteiger partial charge is 0.481 e. The van der Waals surface area contributed by atoms with Gasteiger partial charge in [0.15, 0.2) is 5.43 Å². The van der Waals surface area contributed by atoms with E-state index in [9.17, 15) is 4.79 Å². The number of fused-ring (bicyclic) bond motifs is 2. The summed E-state index contributed by atoms with van der Waals surface area (Å²) in [6.45, 7) is 1.08. The van der Waals surface area contributed by atoms with Crippen LogP contribution in [0.25, 0.3) is 22.3 Å². The van der Waals surface area contributed by atoms with E-state index < -0.39 is 5.97 Å². The summed E-state index contributed by atoms with van der Waals surface area (Å²) in [6.07, 6.45) is 0. The first kappa shape index (κ1) is 12.8. The third-order valence-corrected chi connectivity index (χ3v) is 2.43. The number of benzene rings is 2. The second-order valence-corrected chi connectivity index (χ2v) is 4.00. The van der Waals surface area contributed by atoms with Gasteiger partial charge in [0.1, 0.15) is 11.3 Å². The molecule has 1 heterocycles. The van der Waals surface area contributed by atoms with Crippen LogP contribution < -0.4 is 5.43 Å². The molecule has 96 valence electrons. The SMILES string of the molecule is CC(=O)O.O=c1ccc2cc3ccccc3oc-2c1. The Bertz CT molecular complexity index is 738. The van der Waals surface area contributed by atoms with Crippen molar-refractivity contribution in [2.75, 3.05) is 0 Å². The third-order valence-electron chi connectivity index (χ3n) is 2.43. The third kappa shape index (κ3) is 3.19. The molecule has 1 aromatic rings. The molecule has 0 bridgehead atoms. The fraction of sp³-hybridized carbons (Fsp3) is 0.0667. The minimum atomic E-state index is -0.833. The van der Waals surface area contributed by atoms with Gasteiger partial charge in [0.2, 0.25) is 0 Å². The molecule has 0 saturated carbocycles. The molecule has 19 heavy (non-hydrogen) atoms. The number of carboxylic acid groups (broad SMARTS) is 1. The van der Waals surface area contributed by atoms with E-state index in [0.29, 0.717) is 5.76 Å². The van der Waals surface area contributed by atoms with Crippen LogP contribution in [0.3, 0.4) is 0 Å². The predicted octanol–water partition coefficient (Wildman–Crippen LogP) is 2.99. The molecule has 1 aromatic carbocycles. The molecule has 2 aliphatic rings. The van der Waals surface area contributed by atoms with Crippen molar-refractivity contribution in [2.24, 2.45) is 0 Å². The van der Waals surface area contributed by atoms with Crippen LogP contribution in [0.4, 0.5) is 0 Å². The molecule has 0 fully saturated rings. The first-order valence-electron chi connectivity index (χ1n) is 5.68. The number of carbonyl (C=O) groups is 1. The van der Waals surface area contributed by atoms with E-state index in [2.05, 4.69) is 0 Å². The Morgan fingerprint density at radius 3 is 2.53 bits per heavy atom. The van der Waals surface area contributed by atoms with Gasteiger partial charge in [-0.25, -0.2) is 0 Å². The van der Waals surface area contributed by atoms with Crippen molar-refractivity contribution < 1.29 is 14.3 Å². The lowest BCUT2D eigenvalue weighted by Gasteiger charge is -2.05. The van der Waals surface area contributed by atoms with Gasteiger partial charge < -0.3 is 9.52 Å². The maximum absolute atomic E-state index is 11.2. The molecule has 0 amide bonds. The molecule has 0 aromatic heterocycles. The zero-order valence-corrected chi connectivity index (χ0v) is 10.3. The van der Waals surface area contributed by atoms with Crippen LogP contribution in [0.5, 0.6) is 0 Å². The van der Waals surface area contributed by atoms with Gasteiger partial charge in [-0.3, -0.25) is 9.59 Å². The molecule has 0 spiro atoms. The van der Waals surface area contributed by atoms with E-state index in [1.54, 1.807) is 12.1 Å². The molecular formula is C15H12O4. The summed E-state index contributed by atoms with van der Waals surface area (Å²) in [7, 11) is 0. The Morgan fingerprint density at radius 1 is 1.11 bits per heavy atom. The van der Waals surface area contributed by atoms with Crippen LogP contribution in [-0.4, -0.2) is 11.1 Å². The zero-order chi connectivity index (χ0) is 13.8. The van der Waals surface area contributed by atoms with Gasteiger partial charge in [0.25, 0.3) is 5.97 Å². The van der Waals surface area contributed by atoms with Crippen molar-refractivity contribution in [3.05, 3.63) is 58.8 Å². The molecule has 0 saturated heterocycles. The van der Waals surface area contributed by atoms with Gasteiger partial charge in [-0.15, -0.1) is 0 Å². The van der Waals surface area contributed by atoms with Gasteiger partial charge >= 0.3 is 0 Å². The predicted molar refractivity (Wildman–Crippen MR) is 72.4 cm³/mol. The molecule has 4 heteroatoms. The number of hydrogen-bond acceptors (Lipinski definition) is 3. The normalized spacial score (nSPS) is 9.95. The Hall–Kier alpha value is -2.62. The van der Waals surface area contributed by atoms with E-state index >= 15 is 0 Å². The molecule has 0 radical (unpaired) electrons. The quantitative estimate of drug-likeness (QED) is 0.628. The Kier molecular flexibility index (Phi) is 3.61. The molecule has 1 aliphatic carbocycles. The monoisotopic (exact) mass is 256 g/mol. The van der Waals surface area contributed by atoms with E-state index in [0.717, 1.165) is 23.5 Å². The minimum Gasteiger partial charge on any atom is -0.481 e. The molecule has 0 atom stereocenters. The maximum atomic E-state index is 11.2. The van der Waals surface area contributed by atoms with Crippen molar-refractivity contribution in [1.29, 1.82) is 0 Å². The number of hydrogen-bond donors (Lipinski definition) is 1. The summed E-state index contributed by atoms with van der Waals surface area (Å²) in [5, 5.41) is 8.46. The second-order valence-electron chi connectivity index (χ2n) is 4.00. The first-order valence-corrected chi connectivity index (χ1v) is 5.68. The second kappa shape index (κ2) is 5.35. The van der Waals surface area contributed by atoms with E-state index in [1.807, 2.05) is 30.3 Å². The fourth-order valence-electron chi connectivity index (χ4n) is 1.70. The summed E-state index contributed by atoms with van der Waals surface area (Å²) in [6, 6.07) is 14.6. The summed E-state index contributed by atoms with van der Waals surface area (Å²) in [4.78, 5) is 20.2. The summed E-state index contributed by atoms with van der Waals surface area (Å²) < 4.78 is 5.63. The number of para-hydroxylation sites is 1. The highest BCUT2D eigenvalue weighted by Crippen LogP contribution is 2.26. The van der Waals surface area contributed by atoms with Crippen LogP contribution >= 0.6 is 0 Å². The summed E-state index contributed by atoms with van der Waals surface area (Å²) >= 11 is 0. The minimum absolute atomic E-state index is 0.0264. The van der Waals surface area contributed by atoms with E-state index in [1.165, 1.54) is 6.07 Å². The standard InChI is InChI=1S/C13H8O2.C2H4O2/c14-11-6-5-10-7-9-3-1-2-4-12(9)15-13(10)8-11;1-2(3)4/h1-8H;1H3,(H,3,4). The Labute approximate surface area is 109 Å². The van der Waals surface area contributed by atoms with Crippen molar-refractivity contribution in [3.8, 4) is 11.3 Å². The van der Waals surface area contributed by atoms with Crippen molar-refractivity contribution in [1.82, 2.24) is 0 Å². The fourth-order valence-corrected chi connectivity index (χ4v) is 1.70. The van der Waals surface area contributed by atoms with Crippen molar-refractivity contribution in [3.63, 3.8) is 0 Å². The van der Waals surface area contributed by atoms with Crippen molar-refractivity contribution in [2.45, 2.75) is 6.92 Å². The van der Waals surface area contributed by atoms with Crippen LogP contribution in [0.15, 0.2) is 57.7 Å². The van der Waals surface area contributed by atoms with Crippen LogP contribution in [0.1, 0.15) is 6.92 Å². The topological polar surface area (TPSA) is 67.5 Å². The molecular weight excluding hydrogens is 244 g/mol. The summed E-state index contributed by atoms with van der Waals surface area (Å²) in [5.74, 6) is -0.193. The van der Waals surface area contributed by atoms with Gasteiger partial charge in [-0.2, -0.15) is 0 Å². The van der Waals surface area contributed by atoms with E-state index in [-0.39, 0.29) is 5.43 Å². The van der Waals surface area contributed by atoms with Crippen LogP contribution in [0.2, 0.25) is 0 Å². The average Bonchev–Trinajstić information content (AvgIpc) is 2.35. The van der Waals surface area contributed by atoms with Crippen LogP contribution in [0, 0.1) is 0 Å². The summed E-state index contributed by atoms with van der Waals surface area (Å²) in [5.41, 5.74) is 1.73. The van der Waals surface area contributed by atoms with Crippen molar-refractivity contribution >= 4 is 16.9 Å². The van der Waals surface area contributed by atoms with Gasteiger partial charge in [0, 0.05) is 23.9 Å². The lowest BCUT2D eigenvalue weighted by Crippen LogP contribution is -1.97. The molecule has 0 unspecified atom stereocenters. The molecule has 3 rings (SSSR count). The highest BCUT2D eigenvalue weighted by molar-refractivity contribution is 5.82. The molecule has 4 nitrogen and oxygen atoms in total. The maximum Gasteiger partial charge on any atom is 0.300 e. The number of carboxylic acids is 1. The highest BCUT2D eigenvalue weighted by Gasteiger charge is 2.06. The van der Waals surface area contributed by atoms with Gasteiger partial charge in [-0.05, 0) is 24.3 Å². The molecule has 1 N–H and O–H groups in total. The lowest BCUT2D eigenvalue weighted by atomic mass is 10.1. The Balaban J connectivity index is 0.000000297. The van der Waals surface area contributed by atoms with Gasteiger partial charge in [0.05, 0.1) is 0 Å². The smallest absolute Gasteiger partial charge is 0.300 e. The molecule has 1 aliphatic heterocycles.